The highest BCUT2D eigenvalue weighted by molar-refractivity contribution is 7.99. The maximum absolute atomic E-state index is 11.8. The second kappa shape index (κ2) is 10.8. The SMILES string of the molecule is CCOC(=O)c1cnc(SCC(=O)OCC(=O)Nc2cc(Cl)cc(Cl)c2)nc1N. The Morgan fingerprint density at radius 1 is 1.17 bits per heavy atom. The van der Waals surface area contributed by atoms with Crippen molar-refractivity contribution in [1.82, 2.24) is 9.97 Å². The molecule has 0 atom stereocenters. The molecule has 12 heteroatoms. The zero-order valence-electron chi connectivity index (χ0n) is 15.1. The van der Waals surface area contributed by atoms with E-state index in [1.165, 1.54) is 24.4 Å². The fourth-order valence-corrected chi connectivity index (χ4v) is 3.09. The number of nitrogen functional groups attached to an aromatic ring is 1. The monoisotopic (exact) mass is 458 g/mol. The number of halogens is 2. The maximum atomic E-state index is 11.8. The molecule has 1 amide bonds. The summed E-state index contributed by atoms with van der Waals surface area (Å²) >= 11 is 12.6. The van der Waals surface area contributed by atoms with E-state index < -0.39 is 24.5 Å². The van der Waals surface area contributed by atoms with Crippen LogP contribution in [0.25, 0.3) is 0 Å². The molecule has 154 valence electrons. The van der Waals surface area contributed by atoms with Gasteiger partial charge >= 0.3 is 11.9 Å². The zero-order chi connectivity index (χ0) is 21.4. The topological polar surface area (TPSA) is 134 Å². The van der Waals surface area contributed by atoms with Crippen molar-refractivity contribution >= 4 is 64.3 Å². The van der Waals surface area contributed by atoms with Gasteiger partial charge in [0.05, 0.1) is 12.4 Å². The van der Waals surface area contributed by atoms with Crippen molar-refractivity contribution in [3.8, 4) is 0 Å². The van der Waals surface area contributed by atoms with E-state index in [9.17, 15) is 14.4 Å². The Hall–Kier alpha value is -2.56. The number of nitrogens with two attached hydrogens (primary N) is 1. The quantitative estimate of drug-likeness (QED) is 0.347. The normalized spacial score (nSPS) is 10.3. The molecule has 2 aromatic rings. The molecular weight excluding hydrogens is 443 g/mol. The van der Waals surface area contributed by atoms with Crippen molar-refractivity contribution < 1.29 is 23.9 Å². The summed E-state index contributed by atoms with van der Waals surface area (Å²) in [6.45, 7) is 1.36. The molecule has 0 saturated heterocycles. The highest BCUT2D eigenvalue weighted by Crippen LogP contribution is 2.22. The van der Waals surface area contributed by atoms with E-state index in [2.05, 4.69) is 15.3 Å². The minimum Gasteiger partial charge on any atom is -0.462 e. The van der Waals surface area contributed by atoms with E-state index in [4.69, 9.17) is 38.4 Å². The zero-order valence-corrected chi connectivity index (χ0v) is 17.4. The number of aromatic nitrogens is 2. The minimum atomic E-state index is -0.661. The average molecular weight is 459 g/mol. The number of thioether (sulfide) groups is 1. The Morgan fingerprint density at radius 3 is 2.48 bits per heavy atom. The van der Waals surface area contributed by atoms with Crippen molar-refractivity contribution in [3.63, 3.8) is 0 Å². The first-order valence-corrected chi connectivity index (χ1v) is 9.86. The highest BCUT2D eigenvalue weighted by Gasteiger charge is 2.15. The van der Waals surface area contributed by atoms with Crippen LogP contribution in [0.1, 0.15) is 17.3 Å². The van der Waals surface area contributed by atoms with Crippen LogP contribution < -0.4 is 11.1 Å². The largest absolute Gasteiger partial charge is 0.462 e. The van der Waals surface area contributed by atoms with Crippen LogP contribution in [0.2, 0.25) is 10.0 Å². The van der Waals surface area contributed by atoms with Gasteiger partial charge in [0.15, 0.2) is 11.8 Å². The summed E-state index contributed by atoms with van der Waals surface area (Å²) in [5.41, 5.74) is 6.12. The third kappa shape index (κ3) is 7.41. The van der Waals surface area contributed by atoms with Gasteiger partial charge in [-0.3, -0.25) is 9.59 Å². The number of amides is 1. The van der Waals surface area contributed by atoms with Crippen LogP contribution in [0.15, 0.2) is 29.6 Å². The molecular formula is C17H16Cl2N4O5S. The van der Waals surface area contributed by atoms with E-state index in [0.29, 0.717) is 15.7 Å². The van der Waals surface area contributed by atoms with Gasteiger partial charge in [-0.15, -0.1) is 0 Å². The summed E-state index contributed by atoms with van der Waals surface area (Å²) in [4.78, 5) is 43.2. The molecule has 2 rings (SSSR count). The number of ether oxygens (including phenoxy) is 2. The smallest absolute Gasteiger partial charge is 0.343 e. The number of nitrogens with zero attached hydrogens (tertiary/aromatic N) is 2. The fraction of sp³-hybridized carbons (Fsp3) is 0.235. The predicted molar refractivity (Wildman–Crippen MR) is 109 cm³/mol. The summed E-state index contributed by atoms with van der Waals surface area (Å²) in [6.07, 6.45) is 1.22. The number of carbonyl (C=O) groups is 3. The predicted octanol–water partition coefficient (Wildman–Crippen LogP) is 2.82. The second-order valence-corrected chi connectivity index (χ2v) is 7.14. The van der Waals surface area contributed by atoms with Crippen LogP contribution in [0, 0.1) is 0 Å². The molecule has 0 fully saturated rings. The van der Waals surface area contributed by atoms with Gasteiger partial charge in [0, 0.05) is 21.9 Å². The third-order valence-electron chi connectivity index (χ3n) is 3.12. The molecule has 1 heterocycles. The Bertz CT molecular complexity index is 908. The van der Waals surface area contributed by atoms with Crippen molar-refractivity contribution in [2.24, 2.45) is 0 Å². The molecule has 1 aromatic carbocycles. The molecule has 3 N–H and O–H groups in total. The number of benzene rings is 1. The lowest BCUT2D eigenvalue weighted by Gasteiger charge is -2.08. The van der Waals surface area contributed by atoms with E-state index in [1.807, 2.05) is 0 Å². The first-order chi connectivity index (χ1) is 13.8. The molecule has 0 spiro atoms. The van der Waals surface area contributed by atoms with Crippen molar-refractivity contribution in [2.75, 3.05) is 30.0 Å². The molecule has 0 aliphatic carbocycles. The number of anilines is 2. The van der Waals surface area contributed by atoms with Crippen LogP contribution in [-0.4, -0.2) is 46.8 Å². The molecule has 0 bridgehead atoms. The van der Waals surface area contributed by atoms with Gasteiger partial charge in [-0.1, -0.05) is 35.0 Å². The molecule has 1 aromatic heterocycles. The summed E-state index contributed by atoms with van der Waals surface area (Å²) in [6, 6.07) is 4.53. The lowest BCUT2D eigenvalue weighted by molar-refractivity contribution is -0.144. The standard InChI is InChI=1S/C17H16Cl2N4O5S/c1-2-27-16(26)12-6-21-17(23-15(12)20)29-8-14(25)28-7-13(24)22-11-4-9(18)3-10(19)5-11/h3-6H,2,7-8H2,1H3,(H,22,24)(H2,20,21,23). The second-order valence-electron chi connectivity index (χ2n) is 5.33. The Balaban J connectivity index is 1.80. The van der Waals surface area contributed by atoms with Crippen LogP contribution in [-0.2, 0) is 19.1 Å². The number of rotatable bonds is 8. The van der Waals surface area contributed by atoms with Crippen LogP contribution in [0.4, 0.5) is 11.5 Å². The summed E-state index contributed by atoms with van der Waals surface area (Å²) < 4.78 is 9.71. The summed E-state index contributed by atoms with van der Waals surface area (Å²) in [5, 5.41) is 3.39. The number of hydrogen-bond acceptors (Lipinski definition) is 9. The van der Waals surface area contributed by atoms with Gasteiger partial charge in [0.25, 0.3) is 5.91 Å². The fourth-order valence-electron chi connectivity index (χ4n) is 1.95. The van der Waals surface area contributed by atoms with E-state index >= 15 is 0 Å². The molecule has 29 heavy (non-hydrogen) atoms. The van der Waals surface area contributed by atoms with Crippen molar-refractivity contribution in [1.29, 1.82) is 0 Å². The Labute approximate surface area is 180 Å². The first kappa shape index (κ1) is 22.7. The van der Waals surface area contributed by atoms with Gasteiger partial charge < -0.3 is 20.5 Å². The average Bonchev–Trinajstić information content (AvgIpc) is 2.64. The number of hydrogen-bond donors (Lipinski definition) is 2. The third-order valence-corrected chi connectivity index (χ3v) is 4.39. The molecule has 0 aliphatic heterocycles. The van der Waals surface area contributed by atoms with Crippen molar-refractivity contribution in [2.45, 2.75) is 12.1 Å². The van der Waals surface area contributed by atoms with Gasteiger partial charge in [0.1, 0.15) is 11.4 Å². The van der Waals surface area contributed by atoms with E-state index in [-0.39, 0.29) is 28.9 Å². The molecule has 0 saturated carbocycles. The van der Waals surface area contributed by atoms with Crippen LogP contribution in [0.5, 0.6) is 0 Å². The number of esters is 2. The van der Waals surface area contributed by atoms with Gasteiger partial charge in [0.2, 0.25) is 0 Å². The lowest BCUT2D eigenvalue weighted by atomic mass is 10.3. The first-order valence-electron chi connectivity index (χ1n) is 8.12. The number of carbonyl (C=O) groups excluding carboxylic acids is 3. The summed E-state index contributed by atoms with van der Waals surface area (Å²) in [5.74, 6) is -2.07. The Kier molecular flexibility index (Phi) is 8.50. The Morgan fingerprint density at radius 2 is 1.86 bits per heavy atom. The minimum absolute atomic E-state index is 0.0385. The van der Waals surface area contributed by atoms with Gasteiger partial charge in [-0.2, -0.15) is 0 Å². The summed E-state index contributed by atoms with van der Waals surface area (Å²) in [7, 11) is 0. The lowest BCUT2D eigenvalue weighted by Crippen LogP contribution is -2.21. The molecule has 0 radical (unpaired) electrons. The molecule has 9 nitrogen and oxygen atoms in total. The van der Waals surface area contributed by atoms with Crippen LogP contribution >= 0.6 is 35.0 Å². The van der Waals surface area contributed by atoms with E-state index in [0.717, 1.165) is 11.8 Å². The molecule has 0 unspecified atom stereocenters. The van der Waals surface area contributed by atoms with Gasteiger partial charge in [-0.05, 0) is 25.1 Å². The molecule has 0 aliphatic rings. The van der Waals surface area contributed by atoms with Crippen molar-refractivity contribution in [3.05, 3.63) is 40.0 Å². The highest BCUT2D eigenvalue weighted by atomic mass is 35.5. The van der Waals surface area contributed by atoms with Gasteiger partial charge in [-0.25, -0.2) is 14.8 Å². The maximum Gasteiger partial charge on any atom is 0.343 e. The number of nitrogens with one attached hydrogen (secondary N) is 1. The van der Waals surface area contributed by atoms with E-state index in [1.54, 1.807) is 6.92 Å². The van der Waals surface area contributed by atoms with Crippen LogP contribution in [0.3, 0.4) is 0 Å².